The van der Waals surface area contributed by atoms with Crippen LogP contribution in [0.25, 0.3) is 0 Å². The predicted octanol–water partition coefficient (Wildman–Crippen LogP) is 0.825. The van der Waals surface area contributed by atoms with Crippen LogP contribution in [0, 0.1) is 0 Å². The van der Waals surface area contributed by atoms with Gasteiger partial charge in [-0.1, -0.05) is 5.21 Å². The maximum absolute atomic E-state index is 12.7. The molecule has 2 N–H and O–H groups in total. The van der Waals surface area contributed by atoms with E-state index < -0.39 is 12.5 Å². The Kier molecular flexibility index (Phi) is 3.51. The second kappa shape index (κ2) is 4.45. The largest absolute Gasteiger partial charge is 0.330 e. The molecule has 0 amide bonds. The SMILES string of the molecule is CC(F)(F)Cn1nncc1CCCN. The Balaban J connectivity index is 2.63. The molecule has 0 fully saturated rings. The molecular weight excluding hydrogens is 190 g/mol. The fourth-order valence-electron chi connectivity index (χ4n) is 1.15. The third-order valence-corrected chi connectivity index (χ3v) is 1.76. The first-order valence-corrected chi connectivity index (χ1v) is 4.48. The highest BCUT2D eigenvalue weighted by Crippen LogP contribution is 2.15. The summed E-state index contributed by atoms with van der Waals surface area (Å²) in [6.45, 7) is 0.974. The summed E-state index contributed by atoms with van der Waals surface area (Å²) in [5.74, 6) is -2.76. The average Bonchev–Trinajstić information content (AvgIpc) is 2.45. The van der Waals surface area contributed by atoms with Crippen LogP contribution in [0.5, 0.6) is 0 Å². The second-order valence-electron chi connectivity index (χ2n) is 3.35. The van der Waals surface area contributed by atoms with Gasteiger partial charge in [-0.05, 0) is 19.4 Å². The van der Waals surface area contributed by atoms with E-state index in [-0.39, 0.29) is 0 Å². The van der Waals surface area contributed by atoms with Crippen LogP contribution in [0.1, 0.15) is 19.0 Å². The second-order valence-corrected chi connectivity index (χ2v) is 3.35. The van der Waals surface area contributed by atoms with Gasteiger partial charge in [0.2, 0.25) is 0 Å². The van der Waals surface area contributed by atoms with E-state index in [0.29, 0.717) is 18.7 Å². The predicted molar refractivity (Wildman–Crippen MR) is 48.0 cm³/mol. The summed E-state index contributed by atoms with van der Waals surface area (Å²) in [6, 6.07) is 0. The van der Waals surface area contributed by atoms with Gasteiger partial charge in [-0.2, -0.15) is 0 Å². The third kappa shape index (κ3) is 3.37. The number of aryl methyl sites for hydroxylation is 1. The molecule has 1 rings (SSSR count). The van der Waals surface area contributed by atoms with Gasteiger partial charge in [0.25, 0.3) is 5.92 Å². The fraction of sp³-hybridized carbons (Fsp3) is 0.750. The number of halogens is 2. The summed E-state index contributed by atoms with van der Waals surface area (Å²) >= 11 is 0. The van der Waals surface area contributed by atoms with Crippen molar-refractivity contribution in [3.8, 4) is 0 Å². The van der Waals surface area contributed by atoms with Crippen LogP contribution in [0.2, 0.25) is 0 Å². The van der Waals surface area contributed by atoms with Gasteiger partial charge in [-0.25, -0.2) is 13.5 Å². The van der Waals surface area contributed by atoms with E-state index in [1.807, 2.05) is 0 Å². The average molecular weight is 204 g/mol. The van der Waals surface area contributed by atoms with Crippen molar-refractivity contribution < 1.29 is 8.78 Å². The molecule has 14 heavy (non-hydrogen) atoms. The van der Waals surface area contributed by atoms with E-state index in [0.717, 1.165) is 13.3 Å². The van der Waals surface area contributed by atoms with Gasteiger partial charge in [0.1, 0.15) is 6.54 Å². The molecule has 0 aliphatic carbocycles. The summed E-state index contributed by atoms with van der Waals surface area (Å²) in [7, 11) is 0. The Morgan fingerprint density at radius 3 is 2.86 bits per heavy atom. The van der Waals surface area contributed by atoms with Crippen molar-refractivity contribution in [2.75, 3.05) is 6.54 Å². The molecule has 6 heteroatoms. The lowest BCUT2D eigenvalue weighted by Crippen LogP contribution is -2.22. The van der Waals surface area contributed by atoms with Gasteiger partial charge in [-0.3, -0.25) is 0 Å². The normalized spacial score (nSPS) is 12.0. The number of rotatable bonds is 5. The monoisotopic (exact) mass is 204 g/mol. The van der Waals surface area contributed by atoms with Gasteiger partial charge >= 0.3 is 0 Å². The van der Waals surface area contributed by atoms with E-state index in [9.17, 15) is 8.78 Å². The van der Waals surface area contributed by atoms with Gasteiger partial charge in [0, 0.05) is 6.92 Å². The molecular formula is C8H14F2N4. The van der Waals surface area contributed by atoms with Crippen LogP contribution in [-0.4, -0.2) is 27.5 Å². The van der Waals surface area contributed by atoms with Crippen LogP contribution >= 0.6 is 0 Å². The zero-order valence-corrected chi connectivity index (χ0v) is 8.08. The molecule has 0 saturated carbocycles. The molecule has 80 valence electrons. The number of alkyl halides is 2. The summed E-state index contributed by atoms with van der Waals surface area (Å²) < 4.78 is 26.6. The quantitative estimate of drug-likeness (QED) is 0.772. The molecule has 0 spiro atoms. The minimum atomic E-state index is -2.76. The molecule has 1 aromatic heterocycles. The van der Waals surface area contributed by atoms with Crippen molar-refractivity contribution in [2.24, 2.45) is 5.73 Å². The molecule has 0 aliphatic heterocycles. The Bertz CT molecular complexity index is 279. The number of hydrogen-bond donors (Lipinski definition) is 1. The molecule has 4 nitrogen and oxygen atoms in total. The van der Waals surface area contributed by atoms with E-state index in [2.05, 4.69) is 10.3 Å². The minimum absolute atomic E-state index is 0.424. The van der Waals surface area contributed by atoms with Crippen molar-refractivity contribution >= 4 is 0 Å². The Morgan fingerprint density at radius 2 is 2.29 bits per heavy atom. The maximum atomic E-state index is 12.7. The van der Waals surface area contributed by atoms with Crippen molar-refractivity contribution in [2.45, 2.75) is 32.2 Å². The molecule has 0 atom stereocenters. The zero-order valence-electron chi connectivity index (χ0n) is 8.08. The van der Waals surface area contributed by atoms with Crippen molar-refractivity contribution in [1.29, 1.82) is 0 Å². The fourth-order valence-corrected chi connectivity index (χ4v) is 1.15. The summed E-state index contributed by atoms with van der Waals surface area (Å²) in [6.07, 6.45) is 2.89. The highest BCUT2D eigenvalue weighted by atomic mass is 19.3. The smallest absolute Gasteiger partial charge is 0.264 e. The van der Waals surface area contributed by atoms with Crippen LogP contribution in [0.3, 0.4) is 0 Å². The van der Waals surface area contributed by atoms with Crippen LogP contribution in [-0.2, 0) is 13.0 Å². The molecule has 0 aliphatic rings. The molecule has 1 heterocycles. The van der Waals surface area contributed by atoms with E-state index in [4.69, 9.17) is 5.73 Å². The highest BCUT2D eigenvalue weighted by molar-refractivity contribution is 4.94. The first kappa shape index (κ1) is 11.0. The zero-order chi connectivity index (χ0) is 10.6. The molecule has 0 radical (unpaired) electrons. The Hall–Kier alpha value is -1.04. The number of nitrogens with zero attached hydrogens (tertiary/aromatic N) is 3. The molecule has 0 aromatic carbocycles. The number of nitrogens with two attached hydrogens (primary N) is 1. The first-order chi connectivity index (χ1) is 6.53. The minimum Gasteiger partial charge on any atom is -0.330 e. The van der Waals surface area contributed by atoms with Crippen molar-refractivity contribution in [3.05, 3.63) is 11.9 Å². The van der Waals surface area contributed by atoms with E-state index in [1.54, 1.807) is 0 Å². The lowest BCUT2D eigenvalue weighted by Gasteiger charge is -2.11. The Labute approximate surface area is 81.1 Å². The topological polar surface area (TPSA) is 56.7 Å². The van der Waals surface area contributed by atoms with Crippen molar-refractivity contribution in [1.82, 2.24) is 15.0 Å². The molecule has 0 bridgehead atoms. The van der Waals surface area contributed by atoms with Gasteiger partial charge in [-0.15, -0.1) is 5.10 Å². The van der Waals surface area contributed by atoms with Crippen LogP contribution in [0.4, 0.5) is 8.78 Å². The maximum Gasteiger partial charge on any atom is 0.264 e. The molecule has 1 aromatic rings. The Morgan fingerprint density at radius 1 is 1.57 bits per heavy atom. The third-order valence-electron chi connectivity index (χ3n) is 1.76. The van der Waals surface area contributed by atoms with Gasteiger partial charge in [0.05, 0.1) is 11.9 Å². The van der Waals surface area contributed by atoms with Crippen molar-refractivity contribution in [3.63, 3.8) is 0 Å². The first-order valence-electron chi connectivity index (χ1n) is 4.48. The van der Waals surface area contributed by atoms with Gasteiger partial charge < -0.3 is 5.73 Å². The standard InChI is InChI=1S/C8H14F2N4/c1-8(9,10)6-14-7(3-2-4-11)5-12-13-14/h5H,2-4,6,11H2,1H3. The highest BCUT2D eigenvalue weighted by Gasteiger charge is 2.23. The number of aromatic nitrogens is 3. The molecule has 0 unspecified atom stereocenters. The lowest BCUT2D eigenvalue weighted by atomic mass is 10.2. The van der Waals surface area contributed by atoms with Crippen LogP contribution < -0.4 is 5.73 Å². The number of hydrogen-bond acceptors (Lipinski definition) is 3. The van der Waals surface area contributed by atoms with E-state index in [1.165, 1.54) is 10.9 Å². The summed E-state index contributed by atoms with van der Waals surface area (Å²) in [5, 5.41) is 7.20. The summed E-state index contributed by atoms with van der Waals surface area (Å²) in [4.78, 5) is 0. The van der Waals surface area contributed by atoms with Crippen LogP contribution in [0.15, 0.2) is 6.20 Å². The van der Waals surface area contributed by atoms with E-state index >= 15 is 0 Å². The summed E-state index contributed by atoms with van der Waals surface area (Å²) in [5.41, 5.74) is 6.03. The molecule has 0 saturated heterocycles. The lowest BCUT2D eigenvalue weighted by molar-refractivity contribution is -0.000697. The van der Waals surface area contributed by atoms with Gasteiger partial charge in [0.15, 0.2) is 0 Å².